The number of aliphatic carboxylic acids is 1. The predicted molar refractivity (Wildman–Crippen MR) is 55.5 cm³/mol. The first kappa shape index (κ1) is 12.9. The third kappa shape index (κ3) is 2.92. The van der Waals surface area contributed by atoms with E-state index in [4.69, 9.17) is 10.8 Å². The van der Waals surface area contributed by atoms with Crippen LogP contribution in [0.1, 0.15) is 6.42 Å². The molecule has 0 aromatic heterocycles. The standard InChI is InChI=1S/C8H14N2O5S/c1-16(14,15)4-6(11)10-3-2-8(9,5-10)7(12)13/h2-5,9H2,1H3,(H,12,13). The molecular weight excluding hydrogens is 236 g/mol. The van der Waals surface area contributed by atoms with Gasteiger partial charge in [-0.05, 0) is 6.42 Å². The van der Waals surface area contributed by atoms with Gasteiger partial charge in [0.2, 0.25) is 5.91 Å². The van der Waals surface area contributed by atoms with E-state index >= 15 is 0 Å². The van der Waals surface area contributed by atoms with Crippen LogP contribution in [0.15, 0.2) is 0 Å². The van der Waals surface area contributed by atoms with Crippen LogP contribution in [0.2, 0.25) is 0 Å². The highest BCUT2D eigenvalue weighted by atomic mass is 32.2. The molecule has 8 heteroatoms. The Morgan fingerprint density at radius 1 is 1.50 bits per heavy atom. The first-order valence-electron chi connectivity index (χ1n) is 4.62. The highest BCUT2D eigenvalue weighted by Gasteiger charge is 2.43. The lowest BCUT2D eigenvalue weighted by Gasteiger charge is -2.19. The van der Waals surface area contributed by atoms with Gasteiger partial charge in [0.1, 0.15) is 11.3 Å². The van der Waals surface area contributed by atoms with E-state index in [-0.39, 0.29) is 19.5 Å². The molecule has 1 aliphatic rings. The molecule has 0 bridgehead atoms. The number of carbonyl (C=O) groups excluding carboxylic acids is 1. The van der Waals surface area contributed by atoms with Gasteiger partial charge >= 0.3 is 5.97 Å². The van der Waals surface area contributed by atoms with Crippen LogP contribution in [0.3, 0.4) is 0 Å². The van der Waals surface area contributed by atoms with Gasteiger partial charge in [0, 0.05) is 19.3 Å². The van der Waals surface area contributed by atoms with Crippen molar-refractivity contribution in [1.82, 2.24) is 4.90 Å². The lowest BCUT2D eigenvalue weighted by atomic mass is 10.0. The molecule has 0 aromatic carbocycles. The number of hydrogen-bond acceptors (Lipinski definition) is 5. The zero-order valence-corrected chi connectivity index (χ0v) is 9.66. The van der Waals surface area contributed by atoms with Gasteiger partial charge in [-0.3, -0.25) is 9.59 Å². The second-order valence-corrected chi connectivity index (χ2v) is 6.24. The number of rotatable bonds is 3. The van der Waals surface area contributed by atoms with E-state index in [1.807, 2.05) is 0 Å². The fraction of sp³-hybridized carbons (Fsp3) is 0.750. The summed E-state index contributed by atoms with van der Waals surface area (Å²) < 4.78 is 21.8. The topological polar surface area (TPSA) is 118 Å². The molecular formula is C8H14N2O5S. The summed E-state index contributed by atoms with van der Waals surface area (Å²) in [5.41, 5.74) is 4.10. The van der Waals surface area contributed by atoms with Crippen LogP contribution in [0.5, 0.6) is 0 Å². The van der Waals surface area contributed by atoms with Crippen molar-refractivity contribution in [2.75, 3.05) is 25.1 Å². The third-order valence-corrected chi connectivity index (χ3v) is 3.24. The minimum atomic E-state index is -3.40. The molecule has 7 nitrogen and oxygen atoms in total. The number of nitrogens with two attached hydrogens (primary N) is 1. The molecule has 1 rings (SSSR count). The maximum Gasteiger partial charge on any atom is 0.325 e. The van der Waals surface area contributed by atoms with E-state index in [0.29, 0.717) is 0 Å². The van der Waals surface area contributed by atoms with Crippen LogP contribution in [0.4, 0.5) is 0 Å². The van der Waals surface area contributed by atoms with Gasteiger partial charge in [-0.15, -0.1) is 0 Å². The lowest BCUT2D eigenvalue weighted by molar-refractivity contribution is -0.143. The summed E-state index contributed by atoms with van der Waals surface area (Å²) in [7, 11) is -3.40. The summed E-state index contributed by atoms with van der Waals surface area (Å²) in [6, 6.07) is 0. The number of sulfone groups is 1. The van der Waals surface area contributed by atoms with E-state index < -0.39 is 33.0 Å². The molecule has 1 fully saturated rings. The Morgan fingerprint density at radius 2 is 2.06 bits per heavy atom. The van der Waals surface area contributed by atoms with E-state index in [1.54, 1.807) is 0 Å². The highest BCUT2D eigenvalue weighted by Crippen LogP contribution is 2.19. The molecule has 0 spiro atoms. The van der Waals surface area contributed by atoms with E-state index in [9.17, 15) is 18.0 Å². The van der Waals surface area contributed by atoms with E-state index in [0.717, 1.165) is 6.26 Å². The fourth-order valence-electron chi connectivity index (χ4n) is 1.54. The highest BCUT2D eigenvalue weighted by molar-refractivity contribution is 7.91. The Kier molecular flexibility index (Phi) is 3.25. The van der Waals surface area contributed by atoms with Crippen molar-refractivity contribution in [2.45, 2.75) is 12.0 Å². The molecule has 0 aliphatic carbocycles. The minimum Gasteiger partial charge on any atom is -0.480 e. The molecule has 1 atom stereocenters. The number of carbonyl (C=O) groups is 2. The van der Waals surface area contributed by atoms with Crippen molar-refractivity contribution >= 4 is 21.7 Å². The van der Waals surface area contributed by atoms with Gasteiger partial charge in [0.15, 0.2) is 9.84 Å². The van der Waals surface area contributed by atoms with Crippen LogP contribution in [0.25, 0.3) is 0 Å². The van der Waals surface area contributed by atoms with Gasteiger partial charge in [-0.1, -0.05) is 0 Å². The molecule has 16 heavy (non-hydrogen) atoms. The monoisotopic (exact) mass is 250 g/mol. The zero-order valence-electron chi connectivity index (χ0n) is 8.84. The molecule has 0 saturated carbocycles. The molecule has 1 unspecified atom stereocenters. The summed E-state index contributed by atoms with van der Waals surface area (Å²) in [5, 5.41) is 8.82. The smallest absolute Gasteiger partial charge is 0.325 e. The number of nitrogens with zero attached hydrogens (tertiary/aromatic N) is 1. The summed E-state index contributed by atoms with van der Waals surface area (Å²) in [5.74, 6) is -2.39. The molecule has 1 amide bonds. The normalized spacial score (nSPS) is 25.8. The van der Waals surface area contributed by atoms with Crippen LogP contribution in [-0.4, -0.2) is 60.9 Å². The SMILES string of the molecule is CS(=O)(=O)CC(=O)N1CCC(N)(C(=O)O)C1. The number of amides is 1. The molecule has 3 N–H and O–H groups in total. The summed E-state index contributed by atoms with van der Waals surface area (Å²) >= 11 is 0. The zero-order chi connectivity index (χ0) is 12.6. The Balaban J connectivity index is 2.67. The van der Waals surface area contributed by atoms with Gasteiger partial charge in [-0.25, -0.2) is 8.42 Å². The van der Waals surface area contributed by atoms with Crippen LogP contribution in [0, 0.1) is 0 Å². The van der Waals surface area contributed by atoms with Crippen molar-refractivity contribution in [2.24, 2.45) is 5.73 Å². The number of likely N-dealkylation sites (tertiary alicyclic amines) is 1. The van der Waals surface area contributed by atoms with E-state index in [2.05, 4.69) is 0 Å². The van der Waals surface area contributed by atoms with Crippen molar-refractivity contribution in [3.8, 4) is 0 Å². The van der Waals surface area contributed by atoms with Crippen LogP contribution < -0.4 is 5.73 Å². The third-order valence-electron chi connectivity index (χ3n) is 2.47. The van der Waals surface area contributed by atoms with Gasteiger partial charge in [0.25, 0.3) is 0 Å². The Morgan fingerprint density at radius 3 is 2.44 bits per heavy atom. The number of carboxylic acids is 1. The Labute approximate surface area is 93.1 Å². The predicted octanol–water partition coefficient (Wildman–Crippen LogP) is -1.95. The summed E-state index contributed by atoms with van der Waals surface area (Å²) in [4.78, 5) is 23.4. The average molecular weight is 250 g/mol. The largest absolute Gasteiger partial charge is 0.480 e. The molecule has 1 aliphatic heterocycles. The Bertz CT molecular complexity index is 418. The van der Waals surface area contributed by atoms with Crippen molar-refractivity contribution < 1.29 is 23.1 Å². The maximum absolute atomic E-state index is 11.5. The van der Waals surface area contributed by atoms with Gasteiger partial charge in [0.05, 0.1) is 0 Å². The molecule has 1 saturated heterocycles. The summed E-state index contributed by atoms with van der Waals surface area (Å²) in [6.45, 7) is 0.0356. The maximum atomic E-state index is 11.5. The minimum absolute atomic E-state index is 0.137. The first-order valence-corrected chi connectivity index (χ1v) is 6.68. The van der Waals surface area contributed by atoms with Crippen molar-refractivity contribution in [3.63, 3.8) is 0 Å². The second-order valence-electron chi connectivity index (χ2n) is 4.10. The van der Waals surface area contributed by atoms with Crippen molar-refractivity contribution in [1.29, 1.82) is 0 Å². The van der Waals surface area contributed by atoms with Crippen LogP contribution in [-0.2, 0) is 19.4 Å². The van der Waals surface area contributed by atoms with Gasteiger partial charge < -0.3 is 15.7 Å². The molecule has 0 radical (unpaired) electrons. The molecule has 1 heterocycles. The number of carboxylic acid groups (broad SMARTS) is 1. The quantitative estimate of drug-likeness (QED) is 0.601. The average Bonchev–Trinajstić information content (AvgIpc) is 2.46. The fourth-order valence-corrected chi connectivity index (χ4v) is 2.17. The van der Waals surface area contributed by atoms with Gasteiger partial charge in [-0.2, -0.15) is 0 Å². The molecule has 0 aromatic rings. The number of hydrogen-bond donors (Lipinski definition) is 2. The first-order chi connectivity index (χ1) is 7.14. The Hall–Kier alpha value is -1.15. The van der Waals surface area contributed by atoms with Crippen molar-refractivity contribution in [3.05, 3.63) is 0 Å². The van der Waals surface area contributed by atoms with E-state index in [1.165, 1.54) is 4.90 Å². The molecule has 92 valence electrons. The summed E-state index contributed by atoms with van der Waals surface area (Å²) in [6.07, 6.45) is 1.09. The van der Waals surface area contributed by atoms with Crippen LogP contribution >= 0.6 is 0 Å². The second kappa shape index (κ2) is 4.02. The lowest BCUT2D eigenvalue weighted by Crippen LogP contribution is -2.51.